The number of likely N-dealkylation sites (tertiary alicyclic amines) is 1. The van der Waals surface area contributed by atoms with Gasteiger partial charge in [0, 0.05) is 38.3 Å². The first-order valence-electron chi connectivity index (χ1n) is 5.89. The van der Waals surface area contributed by atoms with E-state index in [2.05, 4.69) is 0 Å². The highest BCUT2D eigenvalue weighted by atomic mass is 35.5. The Morgan fingerprint density at radius 3 is 2.25 bits per heavy atom. The summed E-state index contributed by atoms with van der Waals surface area (Å²) in [5.41, 5.74) is 5.82. The SMILES string of the molecule is Cl.NC1CCN(C(=O)C2CCOCC2)CC1. The molecule has 0 aromatic carbocycles. The normalized spacial score (nSPS) is 23.9. The maximum atomic E-state index is 12.1. The van der Waals surface area contributed by atoms with E-state index in [1.165, 1.54) is 0 Å². The van der Waals surface area contributed by atoms with Crippen molar-refractivity contribution >= 4 is 18.3 Å². The molecule has 2 aliphatic heterocycles. The highest BCUT2D eigenvalue weighted by Gasteiger charge is 2.28. The van der Waals surface area contributed by atoms with Gasteiger partial charge in [0.05, 0.1) is 0 Å². The van der Waals surface area contributed by atoms with Crippen LogP contribution < -0.4 is 5.73 Å². The second-order valence-corrected chi connectivity index (χ2v) is 4.55. The third kappa shape index (κ3) is 3.34. The number of piperidine rings is 1. The molecule has 2 heterocycles. The van der Waals surface area contributed by atoms with E-state index in [-0.39, 0.29) is 18.3 Å². The van der Waals surface area contributed by atoms with Crippen molar-refractivity contribution in [2.45, 2.75) is 31.7 Å². The number of amides is 1. The molecule has 0 bridgehead atoms. The monoisotopic (exact) mass is 248 g/mol. The highest BCUT2D eigenvalue weighted by Crippen LogP contribution is 2.19. The molecule has 2 fully saturated rings. The molecule has 0 saturated carbocycles. The number of halogens is 1. The molecule has 0 aromatic heterocycles. The van der Waals surface area contributed by atoms with E-state index >= 15 is 0 Å². The average molecular weight is 249 g/mol. The van der Waals surface area contributed by atoms with Crippen LogP contribution in [0.3, 0.4) is 0 Å². The summed E-state index contributed by atoms with van der Waals surface area (Å²) < 4.78 is 5.26. The number of carbonyl (C=O) groups is 1. The summed E-state index contributed by atoms with van der Waals surface area (Å²) in [7, 11) is 0. The molecule has 0 atom stereocenters. The van der Waals surface area contributed by atoms with Crippen LogP contribution in [0.2, 0.25) is 0 Å². The summed E-state index contributed by atoms with van der Waals surface area (Å²) in [6.07, 6.45) is 3.69. The Bertz CT molecular complexity index is 224. The van der Waals surface area contributed by atoms with Crippen molar-refractivity contribution < 1.29 is 9.53 Å². The molecule has 94 valence electrons. The summed E-state index contributed by atoms with van der Waals surface area (Å²) in [5, 5.41) is 0. The van der Waals surface area contributed by atoms with Gasteiger partial charge in [0.15, 0.2) is 0 Å². The Kier molecular flexibility index (Phi) is 5.52. The Hall–Kier alpha value is -0.320. The number of ether oxygens (including phenoxy) is 1. The van der Waals surface area contributed by atoms with Crippen molar-refractivity contribution in [3.8, 4) is 0 Å². The quantitative estimate of drug-likeness (QED) is 0.746. The summed E-state index contributed by atoms with van der Waals surface area (Å²) in [6.45, 7) is 3.17. The molecule has 0 aliphatic carbocycles. The molecular formula is C11H21ClN2O2. The lowest BCUT2D eigenvalue weighted by molar-refractivity contribution is -0.139. The van der Waals surface area contributed by atoms with E-state index in [0.717, 1.165) is 52.0 Å². The van der Waals surface area contributed by atoms with Gasteiger partial charge in [0.1, 0.15) is 0 Å². The van der Waals surface area contributed by atoms with Crippen molar-refractivity contribution in [3.63, 3.8) is 0 Å². The minimum absolute atomic E-state index is 0. The molecular weight excluding hydrogens is 228 g/mol. The first kappa shape index (κ1) is 13.7. The van der Waals surface area contributed by atoms with Crippen LogP contribution in [0.4, 0.5) is 0 Å². The largest absolute Gasteiger partial charge is 0.381 e. The maximum absolute atomic E-state index is 12.1. The molecule has 2 aliphatic rings. The van der Waals surface area contributed by atoms with Gasteiger partial charge in [0.25, 0.3) is 0 Å². The molecule has 0 unspecified atom stereocenters. The van der Waals surface area contributed by atoms with E-state index in [1.54, 1.807) is 0 Å². The van der Waals surface area contributed by atoms with Gasteiger partial charge < -0.3 is 15.4 Å². The van der Waals surface area contributed by atoms with Gasteiger partial charge in [-0.1, -0.05) is 0 Å². The summed E-state index contributed by atoms with van der Waals surface area (Å²) >= 11 is 0. The zero-order valence-corrected chi connectivity index (χ0v) is 10.4. The number of carbonyl (C=O) groups excluding carboxylic acids is 1. The van der Waals surface area contributed by atoms with Gasteiger partial charge in [0.2, 0.25) is 5.91 Å². The molecule has 5 heteroatoms. The van der Waals surface area contributed by atoms with Gasteiger partial charge in [-0.3, -0.25) is 4.79 Å². The minimum atomic E-state index is 0. The first-order chi connectivity index (χ1) is 7.27. The minimum Gasteiger partial charge on any atom is -0.381 e. The van der Waals surface area contributed by atoms with E-state index < -0.39 is 0 Å². The number of rotatable bonds is 1. The standard InChI is InChI=1S/C11H20N2O2.ClH/c12-10-1-5-13(6-2-10)11(14)9-3-7-15-8-4-9;/h9-10H,1-8,12H2;1H. The van der Waals surface area contributed by atoms with Gasteiger partial charge in [-0.15, -0.1) is 12.4 Å². The average Bonchev–Trinajstić information content (AvgIpc) is 2.30. The topological polar surface area (TPSA) is 55.6 Å². The van der Waals surface area contributed by atoms with Gasteiger partial charge in [-0.25, -0.2) is 0 Å². The van der Waals surface area contributed by atoms with Crippen molar-refractivity contribution in [2.75, 3.05) is 26.3 Å². The van der Waals surface area contributed by atoms with Crippen LogP contribution in [0.5, 0.6) is 0 Å². The van der Waals surface area contributed by atoms with Crippen LogP contribution in [-0.2, 0) is 9.53 Å². The lowest BCUT2D eigenvalue weighted by Gasteiger charge is -2.34. The van der Waals surface area contributed by atoms with Crippen molar-refractivity contribution in [1.29, 1.82) is 0 Å². The fraction of sp³-hybridized carbons (Fsp3) is 0.909. The molecule has 2 N–H and O–H groups in total. The van der Waals surface area contributed by atoms with Gasteiger partial charge in [-0.05, 0) is 25.7 Å². The maximum Gasteiger partial charge on any atom is 0.225 e. The Morgan fingerprint density at radius 2 is 1.69 bits per heavy atom. The van der Waals surface area contributed by atoms with Crippen LogP contribution >= 0.6 is 12.4 Å². The molecule has 0 spiro atoms. The zero-order chi connectivity index (χ0) is 10.7. The Morgan fingerprint density at radius 1 is 1.12 bits per heavy atom. The fourth-order valence-corrected chi connectivity index (χ4v) is 2.32. The van der Waals surface area contributed by atoms with E-state index in [1.807, 2.05) is 4.90 Å². The van der Waals surface area contributed by atoms with Crippen LogP contribution in [0.15, 0.2) is 0 Å². The van der Waals surface area contributed by atoms with Gasteiger partial charge >= 0.3 is 0 Å². The fourth-order valence-electron chi connectivity index (χ4n) is 2.32. The molecule has 4 nitrogen and oxygen atoms in total. The van der Waals surface area contributed by atoms with Crippen LogP contribution in [-0.4, -0.2) is 43.2 Å². The molecule has 0 aromatic rings. The molecule has 0 radical (unpaired) electrons. The first-order valence-corrected chi connectivity index (χ1v) is 5.89. The van der Waals surface area contributed by atoms with Crippen molar-refractivity contribution in [1.82, 2.24) is 4.90 Å². The van der Waals surface area contributed by atoms with Crippen molar-refractivity contribution in [3.05, 3.63) is 0 Å². The number of nitrogens with two attached hydrogens (primary N) is 1. The Labute approximate surface area is 103 Å². The second-order valence-electron chi connectivity index (χ2n) is 4.55. The van der Waals surface area contributed by atoms with E-state index in [9.17, 15) is 4.79 Å². The predicted molar refractivity (Wildman–Crippen MR) is 64.6 cm³/mol. The van der Waals surface area contributed by atoms with Crippen LogP contribution in [0.1, 0.15) is 25.7 Å². The van der Waals surface area contributed by atoms with E-state index in [0.29, 0.717) is 11.9 Å². The number of nitrogens with zero attached hydrogens (tertiary/aromatic N) is 1. The smallest absolute Gasteiger partial charge is 0.225 e. The summed E-state index contributed by atoms with van der Waals surface area (Å²) in [6, 6.07) is 0.295. The molecule has 1 amide bonds. The zero-order valence-electron chi connectivity index (χ0n) is 9.56. The van der Waals surface area contributed by atoms with Crippen LogP contribution in [0.25, 0.3) is 0 Å². The van der Waals surface area contributed by atoms with E-state index in [4.69, 9.17) is 10.5 Å². The molecule has 16 heavy (non-hydrogen) atoms. The third-order valence-corrected chi connectivity index (χ3v) is 3.42. The highest BCUT2D eigenvalue weighted by molar-refractivity contribution is 5.85. The number of hydrogen-bond donors (Lipinski definition) is 1. The summed E-state index contributed by atoms with van der Waals surface area (Å²) in [5.74, 6) is 0.526. The lowest BCUT2D eigenvalue weighted by Crippen LogP contribution is -2.46. The number of hydrogen-bond acceptors (Lipinski definition) is 3. The third-order valence-electron chi connectivity index (χ3n) is 3.42. The van der Waals surface area contributed by atoms with Crippen LogP contribution in [0, 0.1) is 5.92 Å². The lowest BCUT2D eigenvalue weighted by atomic mass is 9.96. The van der Waals surface area contributed by atoms with Crippen molar-refractivity contribution in [2.24, 2.45) is 11.7 Å². The molecule has 2 saturated heterocycles. The Balaban J connectivity index is 0.00000128. The predicted octanol–water partition coefficient (Wildman–Crippen LogP) is 0.784. The second kappa shape index (κ2) is 6.42. The molecule has 2 rings (SSSR count). The summed E-state index contributed by atoms with van der Waals surface area (Å²) in [4.78, 5) is 14.1. The van der Waals surface area contributed by atoms with Gasteiger partial charge in [-0.2, -0.15) is 0 Å².